The van der Waals surface area contributed by atoms with Crippen molar-refractivity contribution in [1.82, 2.24) is 25.0 Å². The third-order valence-corrected chi connectivity index (χ3v) is 5.71. The quantitative estimate of drug-likeness (QED) is 0.424. The van der Waals surface area contributed by atoms with Gasteiger partial charge in [0.05, 0.1) is 34.9 Å². The molecule has 0 radical (unpaired) electrons. The summed E-state index contributed by atoms with van der Waals surface area (Å²) in [6.45, 7) is 4.13. The van der Waals surface area contributed by atoms with Gasteiger partial charge in [-0.15, -0.1) is 10.2 Å². The Balaban J connectivity index is 1.58. The number of nitrogens with one attached hydrogen (secondary N) is 2. The Morgan fingerprint density at radius 1 is 1.10 bits per heavy atom. The molecule has 2 aromatic heterocycles. The lowest BCUT2D eigenvalue weighted by atomic mass is 10.2. The standard InChI is InChI=1S/C22H21FN6OS/c1-14-20(15(2)26-25-14)24-19(30)13-31-22-28-27-21(17-10-6-7-11-18(17)23)29(22)12-16-8-4-3-5-9-16/h3-11H,12-13H2,1-2H3,(H,24,30)(H,25,26). The van der Waals surface area contributed by atoms with Gasteiger partial charge in [0.2, 0.25) is 5.91 Å². The fraction of sp³-hybridized carbons (Fsp3) is 0.182. The van der Waals surface area contributed by atoms with E-state index in [0.717, 1.165) is 17.0 Å². The molecule has 0 saturated carbocycles. The fourth-order valence-corrected chi connectivity index (χ4v) is 3.92. The van der Waals surface area contributed by atoms with Crippen molar-refractivity contribution in [2.24, 2.45) is 0 Å². The highest BCUT2D eigenvalue weighted by Gasteiger charge is 2.19. The lowest BCUT2D eigenvalue weighted by Crippen LogP contribution is -2.15. The van der Waals surface area contributed by atoms with E-state index in [0.29, 0.717) is 28.8 Å². The van der Waals surface area contributed by atoms with Crippen LogP contribution in [-0.4, -0.2) is 36.6 Å². The maximum absolute atomic E-state index is 14.4. The smallest absolute Gasteiger partial charge is 0.234 e. The molecular formula is C22H21FN6OS. The molecular weight excluding hydrogens is 415 g/mol. The van der Waals surface area contributed by atoms with Gasteiger partial charge in [-0.3, -0.25) is 14.5 Å². The molecule has 158 valence electrons. The van der Waals surface area contributed by atoms with E-state index in [1.165, 1.54) is 17.8 Å². The lowest BCUT2D eigenvalue weighted by molar-refractivity contribution is -0.113. The van der Waals surface area contributed by atoms with Crippen molar-refractivity contribution in [2.75, 3.05) is 11.1 Å². The summed E-state index contributed by atoms with van der Waals surface area (Å²) in [6, 6.07) is 16.3. The fourth-order valence-electron chi connectivity index (χ4n) is 3.19. The molecule has 9 heteroatoms. The van der Waals surface area contributed by atoms with Crippen LogP contribution in [0.5, 0.6) is 0 Å². The number of rotatable bonds is 7. The van der Waals surface area contributed by atoms with Gasteiger partial charge >= 0.3 is 0 Å². The first kappa shape index (κ1) is 20.8. The van der Waals surface area contributed by atoms with Gasteiger partial charge in [-0.25, -0.2) is 4.39 Å². The van der Waals surface area contributed by atoms with E-state index >= 15 is 0 Å². The van der Waals surface area contributed by atoms with E-state index in [2.05, 4.69) is 25.7 Å². The number of H-pyrrole nitrogens is 1. The molecule has 0 bridgehead atoms. The van der Waals surface area contributed by atoms with Crippen LogP contribution in [0.4, 0.5) is 10.1 Å². The number of anilines is 1. The SMILES string of the molecule is Cc1n[nH]c(C)c1NC(=O)CSc1nnc(-c2ccccc2F)n1Cc1ccccc1. The lowest BCUT2D eigenvalue weighted by Gasteiger charge is -2.11. The number of amides is 1. The number of thioether (sulfide) groups is 1. The molecule has 2 aromatic carbocycles. The highest BCUT2D eigenvalue weighted by atomic mass is 32.2. The monoisotopic (exact) mass is 436 g/mol. The predicted octanol–water partition coefficient (Wildman–Crippen LogP) is 4.20. The average Bonchev–Trinajstić information content (AvgIpc) is 3.31. The second kappa shape index (κ2) is 9.13. The molecule has 0 fully saturated rings. The Bertz CT molecular complexity index is 1180. The maximum atomic E-state index is 14.4. The number of hydrogen-bond donors (Lipinski definition) is 2. The summed E-state index contributed by atoms with van der Waals surface area (Å²) in [6.07, 6.45) is 0. The summed E-state index contributed by atoms with van der Waals surface area (Å²) in [4.78, 5) is 12.5. The van der Waals surface area contributed by atoms with Crippen LogP contribution in [0.1, 0.15) is 17.0 Å². The number of nitrogens with zero attached hydrogens (tertiary/aromatic N) is 4. The van der Waals surface area contributed by atoms with E-state index < -0.39 is 0 Å². The number of hydrogen-bond acceptors (Lipinski definition) is 5. The van der Waals surface area contributed by atoms with Crippen molar-refractivity contribution in [1.29, 1.82) is 0 Å². The Morgan fingerprint density at radius 2 is 1.84 bits per heavy atom. The minimum Gasteiger partial charge on any atom is -0.322 e. The van der Waals surface area contributed by atoms with Crippen LogP contribution >= 0.6 is 11.8 Å². The number of carbonyl (C=O) groups excluding carboxylic acids is 1. The van der Waals surface area contributed by atoms with Crippen LogP contribution < -0.4 is 5.32 Å². The normalized spacial score (nSPS) is 10.9. The second-order valence-corrected chi connectivity index (χ2v) is 7.95. The largest absolute Gasteiger partial charge is 0.322 e. The van der Waals surface area contributed by atoms with E-state index in [-0.39, 0.29) is 17.5 Å². The second-order valence-electron chi connectivity index (χ2n) is 7.00. The molecule has 0 saturated heterocycles. The molecule has 0 aliphatic rings. The molecule has 0 aliphatic heterocycles. The number of carbonyl (C=O) groups is 1. The van der Waals surface area contributed by atoms with Crippen LogP contribution in [0.15, 0.2) is 59.8 Å². The number of benzene rings is 2. The van der Waals surface area contributed by atoms with Crippen molar-refractivity contribution in [3.05, 3.63) is 77.4 Å². The predicted molar refractivity (Wildman–Crippen MR) is 118 cm³/mol. The van der Waals surface area contributed by atoms with Gasteiger partial charge in [0.25, 0.3) is 0 Å². The molecule has 0 aliphatic carbocycles. The number of halogens is 1. The van der Waals surface area contributed by atoms with Crippen LogP contribution in [0.3, 0.4) is 0 Å². The highest BCUT2D eigenvalue weighted by Crippen LogP contribution is 2.27. The van der Waals surface area contributed by atoms with Crippen LogP contribution in [-0.2, 0) is 11.3 Å². The molecule has 0 atom stereocenters. The van der Waals surface area contributed by atoms with Gasteiger partial charge in [0.1, 0.15) is 5.82 Å². The van der Waals surface area contributed by atoms with Crippen LogP contribution in [0, 0.1) is 19.7 Å². The topological polar surface area (TPSA) is 88.5 Å². The van der Waals surface area contributed by atoms with E-state index in [4.69, 9.17) is 0 Å². The third-order valence-electron chi connectivity index (χ3n) is 4.74. The summed E-state index contributed by atoms with van der Waals surface area (Å²) in [7, 11) is 0. The summed E-state index contributed by atoms with van der Waals surface area (Å²) < 4.78 is 16.3. The Labute approximate surface area is 183 Å². The van der Waals surface area contributed by atoms with E-state index in [9.17, 15) is 9.18 Å². The van der Waals surface area contributed by atoms with Gasteiger partial charge in [0, 0.05) is 0 Å². The molecule has 0 spiro atoms. The van der Waals surface area contributed by atoms with Crippen molar-refractivity contribution < 1.29 is 9.18 Å². The minimum atomic E-state index is -0.371. The Morgan fingerprint density at radius 3 is 2.55 bits per heavy atom. The van der Waals surface area contributed by atoms with Crippen molar-refractivity contribution in [3.8, 4) is 11.4 Å². The molecule has 2 N–H and O–H groups in total. The van der Waals surface area contributed by atoms with Crippen molar-refractivity contribution in [2.45, 2.75) is 25.5 Å². The van der Waals surface area contributed by atoms with Crippen molar-refractivity contribution >= 4 is 23.4 Å². The number of aromatic amines is 1. The van der Waals surface area contributed by atoms with E-state index in [1.807, 2.05) is 48.7 Å². The first-order chi connectivity index (χ1) is 15.0. The zero-order valence-corrected chi connectivity index (χ0v) is 17.9. The van der Waals surface area contributed by atoms with Crippen molar-refractivity contribution in [3.63, 3.8) is 0 Å². The minimum absolute atomic E-state index is 0.133. The summed E-state index contributed by atoms with van der Waals surface area (Å²) in [5, 5.41) is 18.8. The van der Waals surface area contributed by atoms with Gasteiger partial charge < -0.3 is 5.32 Å². The molecule has 4 rings (SSSR count). The molecule has 31 heavy (non-hydrogen) atoms. The third kappa shape index (κ3) is 4.66. The number of aromatic nitrogens is 5. The van der Waals surface area contributed by atoms with Gasteiger partial charge in [-0.05, 0) is 31.5 Å². The maximum Gasteiger partial charge on any atom is 0.234 e. The van der Waals surface area contributed by atoms with Gasteiger partial charge in [-0.2, -0.15) is 5.10 Å². The molecule has 2 heterocycles. The molecule has 7 nitrogen and oxygen atoms in total. The Kier molecular flexibility index (Phi) is 6.13. The first-order valence-electron chi connectivity index (χ1n) is 9.69. The first-order valence-corrected chi connectivity index (χ1v) is 10.7. The van der Waals surface area contributed by atoms with E-state index in [1.54, 1.807) is 18.2 Å². The summed E-state index contributed by atoms with van der Waals surface area (Å²) in [5.74, 6) is 0.00365. The molecule has 0 unspecified atom stereocenters. The average molecular weight is 437 g/mol. The number of aryl methyl sites for hydroxylation is 2. The summed E-state index contributed by atoms with van der Waals surface area (Å²) in [5.41, 5.74) is 3.60. The summed E-state index contributed by atoms with van der Waals surface area (Å²) >= 11 is 1.25. The zero-order chi connectivity index (χ0) is 21.8. The molecule has 4 aromatic rings. The Hall–Kier alpha value is -3.46. The highest BCUT2D eigenvalue weighted by molar-refractivity contribution is 7.99. The zero-order valence-electron chi connectivity index (χ0n) is 17.1. The molecule has 1 amide bonds. The van der Waals surface area contributed by atoms with Crippen LogP contribution in [0.2, 0.25) is 0 Å². The van der Waals surface area contributed by atoms with Crippen LogP contribution in [0.25, 0.3) is 11.4 Å². The van der Waals surface area contributed by atoms with Gasteiger partial charge in [0.15, 0.2) is 11.0 Å². The van der Waals surface area contributed by atoms with Gasteiger partial charge in [-0.1, -0.05) is 54.2 Å².